The number of benzene rings is 1. The Kier molecular flexibility index (Phi) is 3.81. The number of amides is 1. The van der Waals surface area contributed by atoms with Gasteiger partial charge in [-0.25, -0.2) is 4.79 Å². The molecule has 5 nitrogen and oxygen atoms in total. The Morgan fingerprint density at radius 2 is 1.95 bits per heavy atom. The molecule has 2 bridgehead atoms. The fourth-order valence-electron chi connectivity index (χ4n) is 3.77. The van der Waals surface area contributed by atoms with Crippen LogP contribution in [0.1, 0.15) is 40.7 Å². The van der Waals surface area contributed by atoms with Crippen molar-refractivity contribution in [2.75, 3.05) is 13.2 Å². The van der Waals surface area contributed by atoms with Gasteiger partial charge in [0, 0.05) is 18.2 Å². The Labute approximate surface area is 129 Å². The Morgan fingerprint density at radius 1 is 1.27 bits per heavy atom. The number of ether oxygens (including phenoxy) is 1. The van der Waals surface area contributed by atoms with E-state index in [9.17, 15) is 9.59 Å². The molecule has 1 aliphatic heterocycles. The van der Waals surface area contributed by atoms with E-state index in [1.54, 1.807) is 12.1 Å². The third-order valence-electron chi connectivity index (χ3n) is 4.72. The van der Waals surface area contributed by atoms with Gasteiger partial charge in [-0.3, -0.25) is 4.79 Å². The summed E-state index contributed by atoms with van der Waals surface area (Å²) in [6.45, 7) is 4.19. The molecule has 1 aromatic carbocycles. The molecular formula is C17H21NO4. The number of piperidine rings is 1. The molecule has 2 aliphatic rings. The summed E-state index contributed by atoms with van der Waals surface area (Å²) in [6, 6.07) is 4.01. The van der Waals surface area contributed by atoms with Gasteiger partial charge in [-0.1, -0.05) is 0 Å². The van der Waals surface area contributed by atoms with Crippen molar-refractivity contribution in [3.05, 3.63) is 28.8 Å². The molecule has 2 fully saturated rings. The predicted octanol–water partition coefficient (Wildman–Crippen LogP) is 2.39. The molecule has 5 heteroatoms. The normalized spacial score (nSPS) is 22.9. The zero-order chi connectivity index (χ0) is 15.9. The van der Waals surface area contributed by atoms with Crippen LogP contribution in [-0.4, -0.2) is 41.1 Å². The van der Waals surface area contributed by atoms with Crippen molar-refractivity contribution >= 4 is 11.9 Å². The molecule has 22 heavy (non-hydrogen) atoms. The lowest BCUT2D eigenvalue weighted by molar-refractivity contribution is -0.139. The smallest absolute Gasteiger partial charge is 0.341 e. The Morgan fingerprint density at radius 3 is 2.45 bits per heavy atom. The quantitative estimate of drug-likeness (QED) is 0.927. The summed E-state index contributed by atoms with van der Waals surface area (Å²) in [7, 11) is 0. The number of carbonyl (C=O) groups is 2. The summed E-state index contributed by atoms with van der Waals surface area (Å²) in [4.78, 5) is 25.3. The summed E-state index contributed by atoms with van der Waals surface area (Å²) in [5, 5.41) is 8.72. The number of fused-ring (bicyclic) bond motifs is 2. The minimum atomic E-state index is -1.01. The van der Waals surface area contributed by atoms with Crippen molar-refractivity contribution in [2.45, 2.75) is 39.2 Å². The van der Waals surface area contributed by atoms with Crippen molar-refractivity contribution in [3.63, 3.8) is 0 Å². The van der Waals surface area contributed by atoms with Gasteiger partial charge in [-0.05, 0) is 62.3 Å². The standard InChI is InChI=1S/C17H21NO4/c1-10-5-13(6-11(2)16(10)22-9-15(19)20)17(21)18-8-12-3-4-14(18)7-12/h5-6,12,14H,3-4,7-9H2,1-2H3,(H,19,20). The van der Waals surface area contributed by atoms with E-state index >= 15 is 0 Å². The van der Waals surface area contributed by atoms with Crippen LogP contribution in [0.15, 0.2) is 12.1 Å². The molecule has 1 N–H and O–H groups in total. The van der Waals surface area contributed by atoms with E-state index < -0.39 is 5.97 Å². The summed E-state index contributed by atoms with van der Waals surface area (Å²) < 4.78 is 5.31. The third kappa shape index (κ3) is 2.67. The van der Waals surface area contributed by atoms with Crippen molar-refractivity contribution in [2.24, 2.45) is 5.92 Å². The molecule has 0 spiro atoms. The number of hydrogen-bond donors (Lipinski definition) is 1. The van der Waals surface area contributed by atoms with Crippen LogP contribution >= 0.6 is 0 Å². The number of likely N-dealkylation sites (tertiary alicyclic amines) is 1. The first kappa shape index (κ1) is 14.9. The minimum absolute atomic E-state index is 0.0863. The van der Waals surface area contributed by atoms with Crippen LogP contribution < -0.4 is 4.74 Å². The van der Waals surface area contributed by atoms with Gasteiger partial charge in [0.15, 0.2) is 6.61 Å². The van der Waals surface area contributed by atoms with Gasteiger partial charge in [0.1, 0.15) is 5.75 Å². The number of rotatable bonds is 4. The molecule has 118 valence electrons. The molecule has 1 aromatic rings. The van der Waals surface area contributed by atoms with E-state index in [-0.39, 0.29) is 12.5 Å². The van der Waals surface area contributed by atoms with Crippen molar-refractivity contribution < 1.29 is 19.4 Å². The maximum Gasteiger partial charge on any atom is 0.341 e. The van der Waals surface area contributed by atoms with Crippen molar-refractivity contribution in [1.82, 2.24) is 4.90 Å². The number of nitrogens with zero attached hydrogens (tertiary/aromatic N) is 1. The maximum absolute atomic E-state index is 12.7. The van der Waals surface area contributed by atoms with Crippen LogP contribution in [0.5, 0.6) is 5.75 Å². The lowest BCUT2D eigenvalue weighted by Crippen LogP contribution is -2.37. The second kappa shape index (κ2) is 5.63. The average molecular weight is 303 g/mol. The zero-order valence-electron chi connectivity index (χ0n) is 13.0. The van der Waals surface area contributed by atoms with E-state index in [0.717, 1.165) is 30.5 Å². The van der Waals surface area contributed by atoms with Gasteiger partial charge >= 0.3 is 5.97 Å². The van der Waals surface area contributed by atoms with Crippen LogP contribution in [0.2, 0.25) is 0 Å². The van der Waals surface area contributed by atoms with Crippen LogP contribution in [-0.2, 0) is 4.79 Å². The van der Waals surface area contributed by atoms with Gasteiger partial charge in [0.05, 0.1) is 0 Å². The SMILES string of the molecule is Cc1cc(C(=O)N2CC3CCC2C3)cc(C)c1OCC(=O)O. The van der Waals surface area contributed by atoms with Gasteiger partial charge in [-0.15, -0.1) is 0 Å². The van der Waals surface area contributed by atoms with Crippen LogP contribution in [0.4, 0.5) is 0 Å². The fraction of sp³-hybridized carbons (Fsp3) is 0.529. The average Bonchev–Trinajstić information content (AvgIpc) is 3.07. The zero-order valence-corrected chi connectivity index (χ0v) is 13.0. The van der Waals surface area contributed by atoms with Crippen molar-refractivity contribution in [3.8, 4) is 5.75 Å². The first-order valence-corrected chi connectivity index (χ1v) is 7.72. The first-order valence-electron chi connectivity index (χ1n) is 7.72. The van der Waals surface area contributed by atoms with Gasteiger partial charge < -0.3 is 14.7 Å². The second-order valence-corrected chi connectivity index (χ2v) is 6.41. The van der Waals surface area contributed by atoms with E-state index in [0.29, 0.717) is 23.3 Å². The van der Waals surface area contributed by atoms with Gasteiger partial charge in [0.25, 0.3) is 5.91 Å². The summed E-state index contributed by atoms with van der Waals surface area (Å²) in [6.07, 6.45) is 3.51. The molecule has 3 rings (SSSR count). The predicted molar refractivity (Wildman–Crippen MR) is 81.2 cm³/mol. The topological polar surface area (TPSA) is 66.8 Å². The molecule has 1 heterocycles. The number of carboxylic acids is 1. The molecule has 1 saturated heterocycles. The summed E-state index contributed by atoms with van der Waals surface area (Å²) in [5.74, 6) is 0.312. The fourth-order valence-corrected chi connectivity index (χ4v) is 3.77. The number of carbonyl (C=O) groups excluding carboxylic acids is 1. The highest BCUT2D eigenvalue weighted by molar-refractivity contribution is 5.95. The Balaban J connectivity index is 1.80. The summed E-state index contributed by atoms with van der Waals surface area (Å²) >= 11 is 0. The van der Waals surface area contributed by atoms with Gasteiger partial charge in [0.2, 0.25) is 0 Å². The molecule has 1 aliphatic carbocycles. The molecule has 1 amide bonds. The monoisotopic (exact) mass is 303 g/mol. The number of carboxylic acid groups (broad SMARTS) is 1. The van der Waals surface area contributed by atoms with Crippen molar-refractivity contribution in [1.29, 1.82) is 0 Å². The number of aliphatic carboxylic acids is 1. The first-order chi connectivity index (χ1) is 10.5. The summed E-state index contributed by atoms with van der Waals surface area (Å²) in [5.41, 5.74) is 2.27. The maximum atomic E-state index is 12.7. The highest BCUT2D eigenvalue weighted by atomic mass is 16.5. The van der Waals surface area contributed by atoms with Crippen LogP contribution in [0, 0.1) is 19.8 Å². The molecule has 0 aromatic heterocycles. The Bertz CT molecular complexity index is 602. The third-order valence-corrected chi connectivity index (χ3v) is 4.72. The van der Waals surface area contributed by atoms with Crippen LogP contribution in [0.3, 0.4) is 0 Å². The Hall–Kier alpha value is -2.04. The molecule has 1 saturated carbocycles. The van der Waals surface area contributed by atoms with E-state index in [4.69, 9.17) is 9.84 Å². The van der Waals surface area contributed by atoms with Crippen LogP contribution in [0.25, 0.3) is 0 Å². The highest BCUT2D eigenvalue weighted by Gasteiger charge is 2.40. The minimum Gasteiger partial charge on any atom is -0.481 e. The number of hydrogen-bond acceptors (Lipinski definition) is 3. The largest absolute Gasteiger partial charge is 0.481 e. The molecule has 2 unspecified atom stereocenters. The second-order valence-electron chi connectivity index (χ2n) is 6.41. The molecular weight excluding hydrogens is 282 g/mol. The lowest BCUT2D eigenvalue weighted by atomic mass is 10.0. The van der Waals surface area contributed by atoms with E-state index in [1.165, 1.54) is 6.42 Å². The lowest BCUT2D eigenvalue weighted by Gasteiger charge is -2.27. The number of aryl methyl sites for hydroxylation is 2. The molecule has 0 radical (unpaired) electrons. The van der Waals surface area contributed by atoms with Gasteiger partial charge in [-0.2, -0.15) is 0 Å². The highest BCUT2D eigenvalue weighted by Crippen LogP contribution is 2.38. The van der Waals surface area contributed by atoms with E-state index in [1.807, 2.05) is 18.7 Å². The van der Waals surface area contributed by atoms with E-state index in [2.05, 4.69) is 0 Å². The molecule has 2 atom stereocenters.